The topological polar surface area (TPSA) is 82.9 Å². The zero-order valence-corrected chi connectivity index (χ0v) is 15.4. The predicted octanol–water partition coefficient (Wildman–Crippen LogP) is 2.04. The predicted molar refractivity (Wildman–Crippen MR) is 99.6 cm³/mol. The lowest BCUT2D eigenvalue weighted by Gasteiger charge is -2.35. The van der Waals surface area contributed by atoms with E-state index in [0.29, 0.717) is 36.8 Å². The molecule has 0 unspecified atom stereocenters. The molecule has 0 atom stereocenters. The third-order valence-corrected chi connectivity index (χ3v) is 4.63. The zero-order valence-electron chi connectivity index (χ0n) is 14.7. The van der Waals surface area contributed by atoms with Crippen LogP contribution in [0.4, 0.5) is 0 Å². The van der Waals surface area contributed by atoms with E-state index in [9.17, 15) is 14.4 Å². The monoisotopic (exact) mass is 389 g/mol. The lowest BCUT2D eigenvalue weighted by molar-refractivity contribution is -0.132. The minimum atomic E-state index is -0.341. The molecule has 8 heteroatoms. The molecule has 0 radical (unpaired) electrons. The van der Waals surface area contributed by atoms with Crippen molar-refractivity contribution in [2.45, 2.75) is 6.42 Å². The molecule has 1 aliphatic rings. The molecule has 1 aromatic heterocycles. The van der Waals surface area contributed by atoms with Gasteiger partial charge in [0, 0.05) is 49.7 Å². The Morgan fingerprint density at radius 3 is 2.30 bits per heavy atom. The molecule has 7 nitrogen and oxygen atoms in total. The van der Waals surface area contributed by atoms with Crippen LogP contribution in [0.1, 0.15) is 27.3 Å². The number of piperazine rings is 1. The van der Waals surface area contributed by atoms with Gasteiger partial charge in [0.1, 0.15) is 0 Å². The van der Waals surface area contributed by atoms with Crippen molar-refractivity contribution in [1.29, 1.82) is 0 Å². The number of benzene rings is 1. The lowest BCUT2D eigenvalue weighted by Crippen LogP contribution is -2.51. The number of hydrogen-bond donors (Lipinski definition) is 1. The van der Waals surface area contributed by atoms with Crippen LogP contribution in [0.2, 0.25) is 5.02 Å². The van der Waals surface area contributed by atoms with Gasteiger partial charge in [-0.1, -0.05) is 11.6 Å². The van der Waals surface area contributed by atoms with Crippen molar-refractivity contribution in [2.24, 2.45) is 0 Å². The van der Waals surface area contributed by atoms with Crippen LogP contribution in [-0.4, -0.2) is 60.2 Å². The molecule has 0 bridgehead atoms. The lowest BCUT2D eigenvalue weighted by atomic mass is 10.2. The van der Waals surface area contributed by atoms with Crippen LogP contribution in [0.5, 0.6) is 0 Å². The van der Waals surface area contributed by atoms with E-state index in [4.69, 9.17) is 16.0 Å². The van der Waals surface area contributed by atoms with Crippen molar-refractivity contribution >= 4 is 29.3 Å². The SMILES string of the molecule is O=C(NCCC(=O)N1CCN(C(=O)c2ccc(Cl)cc2)CC1)c1ccco1. The van der Waals surface area contributed by atoms with E-state index >= 15 is 0 Å². The number of nitrogens with one attached hydrogen (secondary N) is 1. The van der Waals surface area contributed by atoms with Gasteiger partial charge in [0.05, 0.1) is 6.26 Å². The third kappa shape index (κ3) is 4.89. The van der Waals surface area contributed by atoms with E-state index in [-0.39, 0.29) is 36.4 Å². The summed E-state index contributed by atoms with van der Waals surface area (Å²) in [6, 6.07) is 9.96. The quantitative estimate of drug-likeness (QED) is 0.848. The fourth-order valence-electron chi connectivity index (χ4n) is 2.87. The van der Waals surface area contributed by atoms with Gasteiger partial charge in [0.15, 0.2) is 5.76 Å². The first-order valence-electron chi connectivity index (χ1n) is 8.69. The summed E-state index contributed by atoms with van der Waals surface area (Å²) in [5.74, 6) is -0.235. The summed E-state index contributed by atoms with van der Waals surface area (Å²) in [6.45, 7) is 2.15. The second kappa shape index (κ2) is 8.73. The molecule has 3 amide bonds. The molecule has 142 valence electrons. The van der Waals surface area contributed by atoms with Gasteiger partial charge >= 0.3 is 0 Å². The summed E-state index contributed by atoms with van der Waals surface area (Å²) in [5, 5.41) is 3.24. The first kappa shape index (κ1) is 19.0. The average molecular weight is 390 g/mol. The number of carbonyl (C=O) groups is 3. The van der Waals surface area contributed by atoms with Gasteiger partial charge in [0.2, 0.25) is 5.91 Å². The van der Waals surface area contributed by atoms with E-state index in [1.54, 1.807) is 46.2 Å². The summed E-state index contributed by atoms with van der Waals surface area (Å²) in [5.41, 5.74) is 0.583. The van der Waals surface area contributed by atoms with E-state index in [2.05, 4.69) is 5.32 Å². The third-order valence-electron chi connectivity index (χ3n) is 4.38. The largest absolute Gasteiger partial charge is 0.459 e. The highest BCUT2D eigenvalue weighted by Crippen LogP contribution is 2.13. The van der Waals surface area contributed by atoms with Crippen LogP contribution in [0.15, 0.2) is 47.1 Å². The number of halogens is 1. The van der Waals surface area contributed by atoms with Gasteiger partial charge in [-0.2, -0.15) is 0 Å². The Hall–Kier alpha value is -2.80. The molecule has 1 saturated heterocycles. The molecule has 1 fully saturated rings. The molecule has 2 aromatic rings. The molecule has 1 aromatic carbocycles. The highest BCUT2D eigenvalue weighted by molar-refractivity contribution is 6.30. The second-order valence-electron chi connectivity index (χ2n) is 6.16. The summed E-state index contributed by atoms with van der Waals surface area (Å²) in [6.07, 6.45) is 1.63. The second-order valence-corrected chi connectivity index (χ2v) is 6.60. The highest BCUT2D eigenvalue weighted by atomic mass is 35.5. The minimum Gasteiger partial charge on any atom is -0.459 e. The Morgan fingerprint density at radius 1 is 1.00 bits per heavy atom. The molecular formula is C19H20ClN3O4. The van der Waals surface area contributed by atoms with Crippen LogP contribution in [-0.2, 0) is 4.79 Å². The highest BCUT2D eigenvalue weighted by Gasteiger charge is 2.24. The van der Waals surface area contributed by atoms with E-state index in [1.807, 2.05) is 0 Å². The number of carbonyl (C=O) groups excluding carboxylic acids is 3. The Kier molecular flexibility index (Phi) is 6.13. The number of hydrogen-bond acceptors (Lipinski definition) is 4. The molecule has 3 rings (SSSR count). The van der Waals surface area contributed by atoms with Gasteiger partial charge in [-0.25, -0.2) is 0 Å². The van der Waals surface area contributed by atoms with Crippen LogP contribution in [0.25, 0.3) is 0 Å². The van der Waals surface area contributed by atoms with Crippen LogP contribution in [0, 0.1) is 0 Å². The van der Waals surface area contributed by atoms with Gasteiger partial charge in [0.25, 0.3) is 11.8 Å². The Bertz CT molecular complexity index is 797. The number of furan rings is 1. The zero-order chi connectivity index (χ0) is 19.2. The number of rotatable bonds is 5. The number of nitrogens with zero attached hydrogens (tertiary/aromatic N) is 2. The van der Waals surface area contributed by atoms with Gasteiger partial charge in [-0.15, -0.1) is 0 Å². The fourth-order valence-corrected chi connectivity index (χ4v) is 3.00. The molecular weight excluding hydrogens is 370 g/mol. The average Bonchev–Trinajstić information content (AvgIpc) is 3.23. The summed E-state index contributed by atoms with van der Waals surface area (Å²) in [4.78, 5) is 39.9. The normalized spacial score (nSPS) is 14.1. The first-order chi connectivity index (χ1) is 13.0. The van der Waals surface area contributed by atoms with Crippen molar-refractivity contribution in [1.82, 2.24) is 15.1 Å². The first-order valence-corrected chi connectivity index (χ1v) is 9.07. The van der Waals surface area contributed by atoms with Crippen molar-refractivity contribution in [3.8, 4) is 0 Å². The summed E-state index contributed by atoms with van der Waals surface area (Å²) >= 11 is 5.85. The Labute approximate surface area is 161 Å². The maximum atomic E-state index is 12.5. The standard InChI is InChI=1S/C19H20ClN3O4/c20-15-5-3-14(4-6-15)19(26)23-11-9-22(10-12-23)17(24)7-8-21-18(25)16-2-1-13-27-16/h1-6,13H,7-12H2,(H,21,25). The fraction of sp³-hybridized carbons (Fsp3) is 0.316. The van der Waals surface area contributed by atoms with Crippen molar-refractivity contribution in [2.75, 3.05) is 32.7 Å². The summed E-state index contributed by atoms with van der Waals surface area (Å²) < 4.78 is 4.99. The van der Waals surface area contributed by atoms with Gasteiger partial charge in [-0.3, -0.25) is 14.4 Å². The van der Waals surface area contributed by atoms with Crippen LogP contribution < -0.4 is 5.32 Å². The molecule has 1 N–H and O–H groups in total. The molecule has 27 heavy (non-hydrogen) atoms. The molecule has 0 saturated carbocycles. The molecule has 0 spiro atoms. The van der Waals surface area contributed by atoms with Crippen molar-refractivity contribution in [3.05, 3.63) is 59.0 Å². The van der Waals surface area contributed by atoms with E-state index < -0.39 is 0 Å². The van der Waals surface area contributed by atoms with Crippen LogP contribution in [0.3, 0.4) is 0 Å². The molecule has 2 heterocycles. The molecule has 1 aliphatic heterocycles. The Morgan fingerprint density at radius 2 is 1.67 bits per heavy atom. The Balaban J connectivity index is 1.41. The maximum absolute atomic E-state index is 12.5. The van der Waals surface area contributed by atoms with Crippen molar-refractivity contribution < 1.29 is 18.8 Å². The van der Waals surface area contributed by atoms with E-state index in [1.165, 1.54) is 6.26 Å². The molecule has 0 aliphatic carbocycles. The van der Waals surface area contributed by atoms with E-state index in [0.717, 1.165) is 0 Å². The van der Waals surface area contributed by atoms with Gasteiger partial charge < -0.3 is 19.5 Å². The minimum absolute atomic E-state index is 0.0478. The van der Waals surface area contributed by atoms with Gasteiger partial charge in [-0.05, 0) is 36.4 Å². The smallest absolute Gasteiger partial charge is 0.286 e. The summed E-state index contributed by atoms with van der Waals surface area (Å²) in [7, 11) is 0. The van der Waals surface area contributed by atoms with Crippen LogP contribution >= 0.6 is 11.6 Å². The van der Waals surface area contributed by atoms with Crippen molar-refractivity contribution in [3.63, 3.8) is 0 Å². The maximum Gasteiger partial charge on any atom is 0.286 e. The number of amides is 3.